The van der Waals surface area contributed by atoms with Crippen LogP contribution in [0.15, 0.2) is 166 Å². The van der Waals surface area contributed by atoms with E-state index in [2.05, 4.69) is 65.3 Å². The first-order chi connectivity index (χ1) is 27.2. The first-order valence-electron chi connectivity index (χ1n) is 17.4. The highest BCUT2D eigenvalue weighted by molar-refractivity contribution is 5.06. The zero-order valence-electron chi connectivity index (χ0n) is 33.4. The number of pyridine rings is 3. The van der Waals surface area contributed by atoms with Crippen molar-refractivity contribution >= 4 is 0 Å². The van der Waals surface area contributed by atoms with E-state index in [-0.39, 0.29) is 0 Å². The Labute approximate surface area is 331 Å². The predicted octanol–water partition coefficient (Wildman–Crippen LogP) is 8.10. The summed E-state index contributed by atoms with van der Waals surface area (Å²) in [5.74, 6) is 0.822. The summed E-state index contributed by atoms with van der Waals surface area (Å²) in [6.45, 7) is 15.7. The smallest absolute Gasteiger partial charge is 0.125 e. The van der Waals surface area contributed by atoms with Crippen LogP contribution in [0.5, 0.6) is 0 Å². The molecule has 0 bridgehead atoms. The molecule has 0 unspecified atom stereocenters. The second-order valence-corrected chi connectivity index (χ2v) is 11.4. The fourth-order valence-electron chi connectivity index (χ4n) is 3.18. The summed E-state index contributed by atoms with van der Waals surface area (Å²) < 4.78 is 0. The molecule has 8 heterocycles. The number of hydrogen-bond acceptors (Lipinski definition) is 13. The molecule has 13 heteroatoms. The molecular weight excluding hydrogens is 699 g/mol. The molecule has 56 heavy (non-hydrogen) atoms. The first kappa shape index (κ1) is 46.9. The van der Waals surface area contributed by atoms with Crippen LogP contribution in [0.25, 0.3) is 0 Å². The molecule has 0 atom stereocenters. The van der Waals surface area contributed by atoms with Crippen LogP contribution < -0.4 is 0 Å². The Morgan fingerprint density at radius 3 is 1.20 bits per heavy atom. The average molecular weight is 750 g/mol. The van der Waals surface area contributed by atoms with Gasteiger partial charge in [0.25, 0.3) is 0 Å². The summed E-state index contributed by atoms with van der Waals surface area (Å²) in [4.78, 5) is 34.7. The number of nitrogens with zero attached hydrogens (tertiary/aromatic N) is 13. The minimum Gasteiger partial charge on any atom is -0.265 e. The van der Waals surface area contributed by atoms with Gasteiger partial charge < -0.3 is 0 Å². The minimum atomic E-state index is 0.822. The Morgan fingerprint density at radius 2 is 0.911 bits per heavy atom. The van der Waals surface area contributed by atoms with E-state index in [1.165, 1.54) is 17.5 Å². The van der Waals surface area contributed by atoms with Crippen molar-refractivity contribution in [3.8, 4) is 0 Å². The van der Waals surface area contributed by atoms with E-state index >= 15 is 0 Å². The minimum absolute atomic E-state index is 0.822. The Bertz CT molecular complexity index is 1530. The highest BCUT2D eigenvalue weighted by Crippen LogP contribution is 1.90. The molecule has 0 aliphatic heterocycles. The fraction of sp³-hybridized carbons (Fsp3) is 0.186. The summed E-state index contributed by atoms with van der Waals surface area (Å²) in [5, 5.41) is 14.6. The largest absolute Gasteiger partial charge is 0.265 e. The van der Waals surface area contributed by atoms with Gasteiger partial charge >= 0.3 is 0 Å². The van der Waals surface area contributed by atoms with Crippen LogP contribution in [-0.4, -0.2) is 65.3 Å². The van der Waals surface area contributed by atoms with Crippen molar-refractivity contribution in [1.29, 1.82) is 0 Å². The second kappa shape index (κ2) is 32.5. The van der Waals surface area contributed by atoms with Gasteiger partial charge in [-0.15, -0.1) is 0 Å². The average Bonchev–Trinajstić information content (AvgIpc) is 3.22. The highest BCUT2D eigenvalue weighted by atomic mass is 15.1. The van der Waals surface area contributed by atoms with Crippen LogP contribution in [0.4, 0.5) is 0 Å². The van der Waals surface area contributed by atoms with Crippen molar-refractivity contribution in [3.63, 3.8) is 0 Å². The molecule has 0 aromatic carbocycles. The van der Waals surface area contributed by atoms with Crippen LogP contribution in [-0.2, 0) is 0 Å². The van der Waals surface area contributed by atoms with Crippen molar-refractivity contribution in [2.75, 3.05) is 0 Å². The van der Waals surface area contributed by atoms with Crippen molar-refractivity contribution in [2.24, 2.45) is 0 Å². The summed E-state index contributed by atoms with van der Waals surface area (Å²) in [6, 6.07) is 21.2. The monoisotopic (exact) mass is 749 g/mol. The van der Waals surface area contributed by atoms with Crippen molar-refractivity contribution in [3.05, 3.63) is 211 Å². The van der Waals surface area contributed by atoms with E-state index in [9.17, 15) is 0 Å². The molecule has 8 aromatic heterocycles. The van der Waals surface area contributed by atoms with Crippen molar-refractivity contribution in [1.82, 2.24) is 65.3 Å². The standard InChI is InChI=1S/3C6H7N.5C5H6N2/c1-6-2-4-7-5-3-6;1-6-3-2-4-7-5-6;1-6-4-2-3-5-7-6;1-5-2-6-4-7-3-5;1-5-4-6-2-3-7-5;1-5-2-3-6-7-4-5;1-5-6-3-2-4-7-5;1-5-3-2-4-6-7-5/h3*2-5H,1H3;5*2-4H,1H3. The molecule has 288 valence electrons. The Kier molecular flexibility index (Phi) is 27.2. The van der Waals surface area contributed by atoms with Gasteiger partial charge in [-0.1, -0.05) is 12.1 Å². The maximum atomic E-state index is 3.98. The van der Waals surface area contributed by atoms with Crippen LogP contribution in [0, 0.1) is 55.4 Å². The third-order valence-corrected chi connectivity index (χ3v) is 5.98. The topological polar surface area (TPSA) is 168 Å². The van der Waals surface area contributed by atoms with Gasteiger partial charge in [-0.2, -0.15) is 20.4 Å². The first-order valence-corrected chi connectivity index (χ1v) is 17.4. The van der Waals surface area contributed by atoms with E-state index in [1.54, 1.807) is 92.8 Å². The van der Waals surface area contributed by atoms with Crippen LogP contribution in [0.3, 0.4) is 0 Å². The van der Waals surface area contributed by atoms with Crippen molar-refractivity contribution in [2.45, 2.75) is 55.4 Å². The van der Waals surface area contributed by atoms with Gasteiger partial charge in [-0.25, -0.2) is 19.9 Å². The molecule has 8 rings (SSSR count). The van der Waals surface area contributed by atoms with E-state index in [0.717, 1.165) is 34.0 Å². The van der Waals surface area contributed by atoms with Gasteiger partial charge in [-0.3, -0.25) is 24.9 Å². The second-order valence-electron chi connectivity index (χ2n) is 11.4. The van der Waals surface area contributed by atoms with Crippen molar-refractivity contribution < 1.29 is 0 Å². The van der Waals surface area contributed by atoms with Gasteiger partial charge in [-0.05, 0) is 132 Å². The zero-order valence-corrected chi connectivity index (χ0v) is 33.4. The predicted molar refractivity (Wildman–Crippen MR) is 221 cm³/mol. The lowest BCUT2D eigenvalue weighted by molar-refractivity contribution is 0.980. The molecule has 0 saturated heterocycles. The molecule has 0 fully saturated rings. The lowest BCUT2D eigenvalue weighted by atomic mass is 10.3. The quantitative estimate of drug-likeness (QED) is 0.146. The van der Waals surface area contributed by atoms with Gasteiger partial charge in [0.1, 0.15) is 12.2 Å². The molecule has 0 aliphatic rings. The fourth-order valence-corrected chi connectivity index (χ4v) is 3.18. The molecule has 0 N–H and O–H groups in total. The molecule has 0 spiro atoms. The lowest BCUT2D eigenvalue weighted by Crippen LogP contribution is -1.80. The summed E-state index contributed by atoms with van der Waals surface area (Å²) in [6.07, 6.45) is 27.6. The SMILES string of the molecule is Cc1ccccn1.Cc1cccnc1.Cc1cccnn1.Cc1ccncc1.Cc1ccnnc1.Cc1cnccn1.Cc1cncnc1.Cc1ncccn1. The summed E-state index contributed by atoms with van der Waals surface area (Å²) >= 11 is 0. The highest BCUT2D eigenvalue weighted by Gasteiger charge is 1.78. The van der Waals surface area contributed by atoms with E-state index in [4.69, 9.17) is 0 Å². The van der Waals surface area contributed by atoms with Gasteiger partial charge in [0.05, 0.1) is 17.6 Å². The number of rotatable bonds is 0. The molecular formula is C43H51N13. The molecule has 13 nitrogen and oxygen atoms in total. The van der Waals surface area contributed by atoms with Gasteiger partial charge in [0.15, 0.2) is 0 Å². The Balaban J connectivity index is 0.000000320. The number of aryl methyl sites for hydroxylation is 8. The van der Waals surface area contributed by atoms with E-state index in [0.29, 0.717) is 0 Å². The molecule has 0 amide bonds. The van der Waals surface area contributed by atoms with Crippen LogP contribution in [0.1, 0.15) is 45.2 Å². The maximum Gasteiger partial charge on any atom is 0.125 e. The molecule has 0 saturated carbocycles. The number of aromatic nitrogens is 13. The Hall–Kier alpha value is -7.15. The molecule has 0 aliphatic carbocycles. The zero-order chi connectivity index (χ0) is 40.9. The third kappa shape index (κ3) is 30.5. The van der Waals surface area contributed by atoms with Crippen LogP contribution in [0.2, 0.25) is 0 Å². The Morgan fingerprint density at radius 1 is 0.304 bits per heavy atom. The third-order valence-electron chi connectivity index (χ3n) is 5.98. The number of hydrogen-bond donors (Lipinski definition) is 0. The maximum absolute atomic E-state index is 3.98. The van der Waals surface area contributed by atoms with E-state index in [1.807, 2.05) is 122 Å². The molecule has 8 aromatic rings. The summed E-state index contributed by atoms with van der Waals surface area (Å²) in [7, 11) is 0. The molecule has 0 radical (unpaired) electrons. The van der Waals surface area contributed by atoms with Gasteiger partial charge in [0, 0.05) is 92.4 Å². The normalized spacial score (nSPS) is 8.71. The lowest BCUT2D eigenvalue weighted by Gasteiger charge is -1.82. The van der Waals surface area contributed by atoms with E-state index < -0.39 is 0 Å². The van der Waals surface area contributed by atoms with Gasteiger partial charge in [0.2, 0.25) is 0 Å². The summed E-state index contributed by atoms with van der Waals surface area (Å²) in [5.41, 5.74) is 7.71. The van der Waals surface area contributed by atoms with Crippen LogP contribution >= 0.6 is 0 Å².